The van der Waals surface area contributed by atoms with Crippen LogP contribution < -0.4 is 11.2 Å². The maximum absolute atomic E-state index is 5.71. The Bertz CT molecular complexity index is 428. The highest BCUT2D eigenvalue weighted by molar-refractivity contribution is 7.80. The molecule has 0 unspecified atom stereocenters. The fourth-order valence-electron chi connectivity index (χ4n) is 1.31. The molecule has 0 spiro atoms. The Morgan fingerprint density at radius 3 is 2.94 bits per heavy atom. The topological polar surface area (TPSA) is 72.0 Å². The second-order valence-corrected chi connectivity index (χ2v) is 4.09. The number of allylic oxidation sites excluding steroid dienone is 3. The van der Waals surface area contributed by atoms with Crippen molar-refractivity contribution in [3.8, 4) is 0 Å². The number of hydrazone groups is 1. The van der Waals surface area contributed by atoms with E-state index in [9.17, 15) is 0 Å². The summed E-state index contributed by atoms with van der Waals surface area (Å²) >= 11 is 10.4. The van der Waals surface area contributed by atoms with Crippen LogP contribution in [0.3, 0.4) is 0 Å². The van der Waals surface area contributed by atoms with E-state index in [4.69, 9.17) is 22.1 Å². The van der Waals surface area contributed by atoms with Crippen LogP contribution in [0.4, 0.5) is 0 Å². The number of rotatable bonds is 2. The Labute approximate surface area is 110 Å². The standard InChI is InChI=1S/C10H13ClN4OS/c1-6(11)5-8-9(13-2)7(3-4-16-8)14-15-10(12)17/h5H,1,3-4H2,2H3,(H3,12,15,17)/b8-5+,13-9-,14-7-. The van der Waals surface area contributed by atoms with Crippen molar-refractivity contribution in [2.24, 2.45) is 15.8 Å². The summed E-state index contributed by atoms with van der Waals surface area (Å²) in [7, 11) is 1.64. The molecule has 1 fully saturated rings. The SMILES string of the molecule is C=C(Cl)/C=C1/OCCC(=N/NC(N)=S)/C1=N/C. The molecule has 0 aromatic rings. The van der Waals surface area contributed by atoms with E-state index in [-0.39, 0.29) is 5.11 Å². The van der Waals surface area contributed by atoms with Crippen molar-refractivity contribution in [2.45, 2.75) is 6.42 Å². The van der Waals surface area contributed by atoms with E-state index in [0.29, 0.717) is 29.5 Å². The van der Waals surface area contributed by atoms with Crippen LogP contribution in [0, 0.1) is 0 Å². The molecule has 7 heteroatoms. The first kappa shape index (κ1) is 13.7. The summed E-state index contributed by atoms with van der Waals surface area (Å²) in [4.78, 5) is 4.11. The highest BCUT2D eigenvalue weighted by Crippen LogP contribution is 2.15. The zero-order valence-corrected chi connectivity index (χ0v) is 10.9. The predicted octanol–water partition coefficient (Wildman–Crippen LogP) is 1.30. The van der Waals surface area contributed by atoms with E-state index < -0.39 is 0 Å². The minimum absolute atomic E-state index is 0.103. The molecular weight excluding hydrogens is 260 g/mol. The molecule has 1 rings (SSSR count). The van der Waals surface area contributed by atoms with Crippen molar-refractivity contribution in [3.05, 3.63) is 23.4 Å². The summed E-state index contributed by atoms with van der Waals surface area (Å²) < 4.78 is 5.44. The highest BCUT2D eigenvalue weighted by Gasteiger charge is 2.21. The van der Waals surface area contributed by atoms with Crippen LogP contribution in [0.25, 0.3) is 0 Å². The summed E-state index contributed by atoms with van der Waals surface area (Å²) in [6.07, 6.45) is 2.22. The van der Waals surface area contributed by atoms with Gasteiger partial charge in [-0.15, -0.1) is 0 Å². The van der Waals surface area contributed by atoms with Gasteiger partial charge >= 0.3 is 0 Å². The molecule has 1 aliphatic rings. The number of nitrogens with one attached hydrogen (secondary N) is 1. The van der Waals surface area contributed by atoms with Crippen LogP contribution in [0.5, 0.6) is 0 Å². The van der Waals surface area contributed by atoms with Gasteiger partial charge in [-0.1, -0.05) is 18.2 Å². The molecule has 0 bridgehead atoms. The van der Waals surface area contributed by atoms with Crippen molar-refractivity contribution >= 4 is 40.4 Å². The lowest BCUT2D eigenvalue weighted by atomic mass is 10.1. The van der Waals surface area contributed by atoms with Gasteiger partial charge in [-0.2, -0.15) is 5.10 Å². The molecule has 1 heterocycles. The first-order chi connectivity index (χ1) is 8.04. The lowest BCUT2D eigenvalue weighted by molar-refractivity contribution is 0.235. The second kappa shape index (κ2) is 6.36. The molecule has 17 heavy (non-hydrogen) atoms. The highest BCUT2D eigenvalue weighted by atomic mass is 35.5. The molecule has 5 nitrogen and oxygen atoms in total. The van der Waals surface area contributed by atoms with E-state index in [2.05, 4.69) is 34.3 Å². The molecule has 0 atom stereocenters. The lowest BCUT2D eigenvalue weighted by Crippen LogP contribution is -2.31. The van der Waals surface area contributed by atoms with Crippen LogP contribution in [-0.4, -0.2) is 30.2 Å². The van der Waals surface area contributed by atoms with Gasteiger partial charge in [0.05, 0.1) is 12.3 Å². The smallest absolute Gasteiger partial charge is 0.184 e. The maximum atomic E-state index is 5.71. The van der Waals surface area contributed by atoms with E-state index >= 15 is 0 Å². The Morgan fingerprint density at radius 1 is 1.71 bits per heavy atom. The molecular formula is C10H13ClN4OS. The molecule has 0 aromatic carbocycles. The zero-order chi connectivity index (χ0) is 12.8. The predicted molar refractivity (Wildman–Crippen MR) is 74.4 cm³/mol. The van der Waals surface area contributed by atoms with Crippen molar-refractivity contribution < 1.29 is 4.74 Å². The van der Waals surface area contributed by atoms with Gasteiger partial charge < -0.3 is 10.5 Å². The first-order valence-electron chi connectivity index (χ1n) is 4.83. The van der Waals surface area contributed by atoms with Gasteiger partial charge in [0.1, 0.15) is 11.5 Å². The Kier molecular flexibility index (Phi) is 5.11. The van der Waals surface area contributed by atoms with Crippen molar-refractivity contribution in [3.63, 3.8) is 0 Å². The van der Waals surface area contributed by atoms with Gasteiger partial charge in [-0.25, -0.2) is 0 Å². The van der Waals surface area contributed by atoms with Crippen LogP contribution in [-0.2, 0) is 4.74 Å². The summed E-state index contributed by atoms with van der Waals surface area (Å²) in [6.45, 7) is 4.07. The number of thiocarbonyl (C=S) groups is 1. The van der Waals surface area contributed by atoms with Gasteiger partial charge in [0.2, 0.25) is 0 Å². The summed E-state index contributed by atoms with van der Waals surface area (Å²) in [5.41, 5.74) is 9.17. The molecule has 0 radical (unpaired) electrons. The first-order valence-corrected chi connectivity index (χ1v) is 5.61. The number of ether oxygens (including phenoxy) is 1. The monoisotopic (exact) mass is 272 g/mol. The molecule has 0 aliphatic carbocycles. The van der Waals surface area contributed by atoms with Gasteiger partial charge in [0.25, 0.3) is 0 Å². The van der Waals surface area contributed by atoms with E-state index in [1.54, 1.807) is 13.1 Å². The van der Waals surface area contributed by atoms with Crippen LogP contribution in [0.15, 0.2) is 33.5 Å². The molecule has 3 N–H and O–H groups in total. The van der Waals surface area contributed by atoms with Crippen LogP contribution >= 0.6 is 23.8 Å². The fourth-order valence-corrected chi connectivity index (χ4v) is 1.45. The average Bonchev–Trinajstić information content (AvgIpc) is 2.25. The normalized spacial score (nSPS) is 22.6. The van der Waals surface area contributed by atoms with Gasteiger partial charge in [-0.3, -0.25) is 10.4 Å². The van der Waals surface area contributed by atoms with Crippen molar-refractivity contribution in [1.29, 1.82) is 0 Å². The summed E-state index contributed by atoms with van der Waals surface area (Å²) in [5, 5.41) is 4.54. The van der Waals surface area contributed by atoms with Crippen LogP contribution in [0.2, 0.25) is 0 Å². The average molecular weight is 273 g/mol. The minimum Gasteiger partial charge on any atom is -0.491 e. The number of hydrogen-bond donors (Lipinski definition) is 2. The van der Waals surface area contributed by atoms with E-state index in [1.165, 1.54) is 0 Å². The number of aliphatic imine (C=N–C) groups is 1. The molecule has 0 saturated carbocycles. The van der Waals surface area contributed by atoms with Gasteiger partial charge in [0, 0.05) is 24.6 Å². The number of nitrogens with two attached hydrogens (primary N) is 1. The Balaban J connectivity index is 2.97. The van der Waals surface area contributed by atoms with Crippen LogP contribution in [0.1, 0.15) is 6.42 Å². The molecule has 1 aliphatic heterocycles. The third-order valence-corrected chi connectivity index (χ3v) is 2.12. The molecule has 1 saturated heterocycles. The van der Waals surface area contributed by atoms with Gasteiger partial charge in [0.15, 0.2) is 5.11 Å². The third-order valence-electron chi connectivity index (χ3n) is 1.92. The number of nitrogens with zero attached hydrogens (tertiary/aromatic N) is 2. The number of halogens is 1. The molecule has 92 valence electrons. The maximum Gasteiger partial charge on any atom is 0.184 e. The van der Waals surface area contributed by atoms with Crippen molar-refractivity contribution in [1.82, 2.24) is 5.43 Å². The fraction of sp³-hybridized carbons (Fsp3) is 0.300. The lowest BCUT2D eigenvalue weighted by Gasteiger charge is -2.20. The zero-order valence-electron chi connectivity index (χ0n) is 9.36. The second-order valence-electron chi connectivity index (χ2n) is 3.16. The largest absolute Gasteiger partial charge is 0.491 e. The minimum atomic E-state index is 0.103. The summed E-state index contributed by atoms with van der Waals surface area (Å²) in [5.74, 6) is 0.544. The van der Waals surface area contributed by atoms with E-state index in [1.807, 2.05) is 0 Å². The number of hydrogen-bond acceptors (Lipinski definition) is 4. The molecule has 0 amide bonds. The third kappa shape index (κ3) is 4.16. The Morgan fingerprint density at radius 2 is 2.41 bits per heavy atom. The van der Waals surface area contributed by atoms with Crippen molar-refractivity contribution in [2.75, 3.05) is 13.7 Å². The quantitative estimate of drug-likeness (QED) is 0.587. The summed E-state index contributed by atoms with van der Waals surface area (Å²) in [6, 6.07) is 0. The van der Waals surface area contributed by atoms with E-state index in [0.717, 1.165) is 5.71 Å². The molecule has 0 aromatic heterocycles. The van der Waals surface area contributed by atoms with Gasteiger partial charge in [-0.05, 0) is 12.2 Å². The Hall–Kier alpha value is -1.40.